The smallest absolute Gasteiger partial charge is 0.270 e. The lowest BCUT2D eigenvalue weighted by molar-refractivity contribution is 0.0911. The van der Waals surface area contributed by atoms with E-state index in [0.717, 1.165) is 5.56 Å². The molecule has 1 aromatic heterocycles. The second-order valence-corrected chi connectivity index (χ2v) is 4.35. The molecule has 0 saturated carbocycles. The van der Waals surface area contributed by atoms with Gasteiger partial charge in [0.05, 0.1) is 12.6 Å². The third kappa shape index (κ3) is 3.53. The first-order chi connectivity index (χ1) is 9.20. The van der Waals surface area contributed by atoms with Gasteiger partial charge in [0.25, 0.3) is 5.91 Å². The number of amides is 1. The van der Waals surface area contributed by atoms with E-state index in [-0.39, 0.29) is 23.4 Å². The third-order valence-electron chi connectivity index (χ3n) is 2.64. The maximum atomic E-state index is 12.0. The van der Waals surface area contributed by atoms with Crippen molar-refractivity contribution >= 4 is 17.5 Å². The molecule has 0 aliphatic rings. The predicted octanol–water partition coefficient (Wildman–Crippen LogP) is 2.20. The fourth-order valence-corrected chi connectivity index (χ4v) is 1.85. The second-order valence-electron chi connectivity index (χ2n) is 3.96. The average Bonchev–Trinajstić information content (AvgIpc) is 2.45. The number of hydrogen-bond donors (Lipinski definition) is 2. The summed E-state index contributed by atoms with van der Waals surface area (Å²) in [5.41, 5.74) is 1.06. The molecule has 0 bridgehead atoms. The molecule has 1 atom stereocenters. The first-order valence-corrected chi connectivity index (χ1v) is 6.17. The lowest BCUT2D eigenvalue weighted by Gasteiger charge is -2.16. The number of carbonyl (C=O) groups excluding carboxylic acids is 1. The van der Waals surface area contributed by atoms with Gasteiger partial charge in [0.1, 0.15) is 10.8 Å². The highest BCUT2D eigenvalue weighted by Crippen LogP contribution is 2.13. The van der Waals surface area contributed by atoms with Crippen molar-refractivity contribution in [3.8, 4) is 0 Å². The number of aliphatic hydroxyl groups excluding tert-OH is 1. The van der Waals surface area contributed by atoms with Crippen LogP contribution in [0.5, 0.6) is 0 Å². The van der Waals surface area contributed by atoms with E-state index in [4.69, 9.17) is 11.6 Å². The van der Waals surface area contributed by atoms with Crippen molar-refractivity contribution in [2.45, 2.75) is 6.04 Å². The highest BCUT2D eigenvalue weighted by atomic mass is 35.5. The molecular formula is C14H13ClN2O2. The Morgan fingerprint density at radius 3 is 2.58 bits per heavy atom. The van der Waals surface area contributed by atoms with Gasteiger partial charge in [0, 0.05) is 0 Å². The van der Waals surface area contributed by atoms with Gasteiger partial charge in [-0.2, -0.15) is 0 Å². The number of aliphatic hydroxyl groups is 1. The largest absolute Gasteiger partial charge is 0.394 e. The summed E-state index contributed by atoms with van der Waals surface area (Å²) in [4.78, 5) is 15.9. The van der Waals surface area contributed by atoms with Crippen LogP contribution < -0.4 is 5.32 Å². The van der Waals surface area contributed by atoms with E-state index in [1.165, 1.54) is 0 Å². The van der Waals surface area contributed by atoms with Crippen LogP contribution >= 0.6 is 11.6 Å². The molecule has 2 rings (SSSR count). The standard InChI is InChI=1S/C14H13ClN2O2/c15-13-8-4-7-11(16-13)14(19)17-12(9-18)10-5-2-1-3-6-10/h1-8,12,18H,9H2,(H,17,19)/t12-/m0/s1. The van der Waals surface area contributed by atoms with Crippen LogP contribution in [0.1, 0.15) is 22.1 Å². The Morgan fingerprint density at radius 1 is 1.21 bits per heavy atom. The van der Waals surface area contributed by atoms with Crippen molar-refractivity contribution < 1.29 is 9.90 Å². The molecule has 1 amide bonds. The number of hydrogen-bond acceptors (Lipinski definition) is 3. The molecule has 1 aromatic carbocycles. The molecule has 0 aliphatic carbocycles. The molecule has 2 N–H and O–H groups in total. The Kier molecular flexibility index (Phi) is 4.49. The summed E-state index contributed by atoms with van der Waals surface area (Å²) >= 11 is 5.74. The third-order valence-corrected chi connectivity index (χ3v) is 2.85. The SMILES string of the molecule is O=C(N[C@@H](CO)c1ccccc1)c1cccc(Cl)n1. The van der Waals surface area contributed by atoms with E-state index in [0.29, 0.717) is 0 Å². The number of pyridine rings is 1. The summed E-state index contributed by atoms with van der Waals surface area (Å²) < 4.78 is 0. The predicted molar refractivity (Wildman–Crippen MR) is 73.0 cm³/mol. The Bertz CT molecular complexity index is 560. The van der Waals surface area contributed by atoms with Crippen LogP contribution in [-0.2, 0) is 0 Å². The molecule has 4 nitrogen and oxygen atoms in total. The van der Waals surface area contributed by atoms with Crippen molar-refractivity contribution in [1.29, 1.82) is 0 Å². The molecule has 2 aromatic rings. The molecule has 0 spiro atoms. The number of halogens is 1. The molecule has 0 fully saturated rings. The maximum Gasteiger partial charge on any atom is 0.270 e. The Balaban J connectivity index is 2.13. The normalized spacial score (nSPS) is 11.9. The quantitative estimate of drug-likeness (QED) is 0.842. The molecule has 0 radical (unpaired) electrons. The highest BCUT2D eigenvalue weighted by Gasteiger charge is 2.15. The highest BCUT2D eigenvalue weighted by molar-refractivity contribution is 6.29. The lowest BCUT2D eigenvalue weighted by atomic mass is 10.1. The number of nitrogens with one attached hydrogen (secondary N) is 1. The van der Waals surface area contributed by atoms with Gasteiger partial charge >= 0.3 is 0 Å². The minimum absolute atomic E-state index is 0.184. The summed E-state index contributed by atoms with van der Waals surface area (Å²) in [7, 11) is 0. The molecule has 19 heavy (non-hydrogen) atoms. The van der Waals surface area contributed by atoms with Gasteiger partial charge in [-0.25, -0.2) is 4.98 Å². The van der Waals surface area contributed by atoms with Crippen molar-refractivity contribution in [3.05, 3.63) is 64.9 Å². The van der Waals surface area contributed by atoms with E-state index in [9.17, 15) is 9.90 Å². The van der Waals surface area contributed by atoms with Crippen molar-refractivity contribution in [1.82, 2.24) is 10.3 Å². The molecular weight excluding hydrogens is 264 g/mol. The van der Waals surface area contributed by atoms with E-state index in [1.807, 2.05) is 30.3 Å². The van der Waals surface area contributed by atoms with Gasteiger partial charge in [-0.1, -0.05) is 48.0 Å². The zero-order chi connectivity index (χ0) is 13.7. The number of aromatic nitrogens is 1. The fourth-order valence-electron chi connectivity index (χ4n) is 1.69. The van der Waals surface area contributed by atoms with Crippen LogP contribution in [0.3, 0.4) is 0 Å². The number of rotatable bonds is 4. The maximum absolute atomic E-state index is 12.0. The molecule has 1 heterocycles. The van der Waals surface area contributed by atoms with Gasteiger partial charge in [-0.3, -0.25) is 4.79 Å². The van der Waals surface area contributed by atoms with Gasteiger partial charge in [-0.15, -0.1) is 0 Å². The van der Waals surface area contributed by atoms with Crippen LogP contribution in [0.2, 0.25) is 5.15 Å². The summed E-state index contributed by atoms with van der Waals surface area (Å²) in [5.74, 6) is -0.370. The Hall–Kier alpha value is -1.91. The number of carbonyl (C=O) groups is 1. The first kappa shape index (κ1) is 13.5. The van der Waals surface area contributed by atoms with Crippen LogP contribution in [0.4, 0.5) is 0 Å². The zero-order valence-electron chi connectivity index (χ0n) is 10.1. The zero-order valence-corrected chi connectivity index (χ0v) is 10.8. The summed E-state index contributed by atoms with van der Waals surface area (Å²) in [6.45, 7) is -0.184. The van der Waals surface area contributed by atoms with Crippen molar-refractivity contribution in [2.75, 3.05) is 6.61 Å². The monoisotopic (exact) mass is 276 g/mol. The Morgan fingerprint density at radius 2 is 1.95 bits per heavy atom. The van der Waals surface area contributed by atoms with E-state index in [2.05, 4.69) is 10.3 Å². The first-order valence-electron chi connectivity index (χ1n) is 5.80. The van der Waals surface area contributed by atoms with Crippen molar-refractivity contribution in [3.63, 3.8) is 0 Å². The van der Waals surface area contributed by atoms with E-state index < -0.39 is 6.04 Å². The molecule has 0 saturated heterocycles. The van der Waals surface area contributed by atoms with E-state index in [1.54, 1.807) is 18.2 Å². The van der Waals surface area contributed by atoms with Crippen LogP contribution in [0.15, 0.2) is 48.5 Å². The second kappa shape index (κ2) is 6.31. The van der Waals surface area contributed by atoms with Crippen LogP contribution in [0, 0.1) is 0 Å². The topological polar surface area (TPSA) is 62.2 Å². The van der Waals surface area contributed by atoms with Gasteiger partial charge < -0.3 is 10.4 Å². The van der Waals surface area contributed by atoms with Gasteiger partial charge in [0.2, 0.25) is 0 Å². The van der Waals surface area contributed by atoms with Crippen LogP contribution in [0.25, 0.3) is 0 Å². The molecule has 0 aliphatic heterocycles. The minimum Gasteiger partial charge on any atom is -0.394 e. The van der Waals surface area contributed by atoms with Crippen LogP contribution in [-0.4, -0.2) is 22.6 Å². The minimum atomic E-state index is -0.463. The van der Waals surface area contributed by atoms with Gasteiger partial charge in [0.15, 0.2) is 0 Å². The Labute approximate surface area is 116 Å². The van der Waals surface area contributed by atoms with Crippen molar-refractivity contribution in [2.24, 2.45) is 0 Å². The number of nitrogens with zero attached hydrogens (tertiary/aromatic N) is 1. The average molecular weight is 277 g/mol. The molecule has 98 valence electrons. The lowest BCUT2D eigenvalue weighted by Crippen LogP contribution is -2.31. The van der Waals surface area contributed by atoms with E-state index >= 15 is 0 Å². The molecule has 0 unspecified atom stereocenters. The summed E-state index contributed by atoms with van der Waals surface area (Å²) in [6.07, 6.45) is 0. The summed E-state index contributed by atoms with van der Waals surface area (Å²) in [5, 5.41) is 12.3. The summed E-state index contributed by atoms with van der Waals surface area (Å²) in [6, 6.07) is 13.6. The fraction of sp³-hybridized carbons (Fsp3) is 0.143. The number of benzene rings is 1. The van der Waals surface area contributed by atoms with Gasteiger partial charge in [-0.05, 0) is 17.7 Å². The molecule has 5 heteroatoms.